The molecule has 2 aromatic rings. The molecule has 2 N–H and O–H groups in total. The predicted octanol–water partition coefficient (Wildman–Crippen LogP) is 2.37. The molecule has 2 aromatic carbocycles. The molecule has 25 heavy (non-hydrogen) atoms. The summed E-state index contributed by atoms with van der Waals surface area (Å²) < 4.78 is 23.9. The zero-order valence-electron chi connectivity index (χ0n) is 14.1. The maximum atomic E-state index is 13.5. The molecule has 0 saturated carbocycles. The van der Waals surface area contributed by atoms with Gasteiger partial charge in [0.05, 0.1) is 7.11 Å². The Hall–Kier alpha value is -3.09. The van der Waals surface area contributed by atoms with E-state index in [1.54, 1.807) is 24.3 Å². The number of para-hydroxylation sites is 1. The van der Waals surface area contributed by atoms with Gasteiger partial charge in [-0.25, -0.2) is 4.39 Å². The molecule has 1 unspecified atom stereocenters. The van der Waals surface area contributed by atoms with Gasteiger partial charge in [0, 0.05) is 5.56 Å². The molecule has 0 spiro atoms. The summed E-state index contributed by atoms with van der Waals surface area (Å²) in [6, 6.07) is 10.7. The summed E-state index contributed by atoms with van der Waals surface area (Å²) in [7, 11) is 1.51. The van der Waals surface area contributed by atoms with Gasteiger partial charge in [0.1, 0.15) is 5.75 Å². The average Bonchev–Trinajstić information content (AvgIpc) is 2.61. The second-order valence-corrected chi connectivity index (χ2v) is 5.32. The maximum absolute atomic E-state index is 13.5. The highest BCUT2D eigenvalue weighted by Gasteiger charge is 2.17. The quantitative estimate of drug-likeness (QED) is 0.815. The van der Waals surface area contributed by atoms with Gasteiger partial charge in [0.25, 0.3) is 11.8 Å². The van der Waals surface area contributed by atoms with E-state index in [4.69, 9.17) is 9.47 Å². The Balaban J connectivity index is 1.92. The molecular weight excluding hydrogens is 327 g/mol. The number of rotatable bonds is 5. The molecule has 2 amide bonds. The van der Waals surface area contributed by atoms with Gasteiger partial charge < -0.3 is 9.47 Å². The molecule has 7 heteroatoms. The molecule has 0 aliphatic heterocycles. The number of methoxy groups -OCH3 is 1. The van der Waals surface area contributed by atoms with Crippen LogP contribution in [0.25, 0.3) is 0 Å². The molecule has 6 nitrogen and oxygen atoms in total. The number of carbonyl (C=O) groups is 2. The second-order valence-electron chi connectivity index (χ2n) is 5.32. The molecule has 2 rings (SSSR count). The lowest BCUT2D eigenvalue weighted by Crippen LogP contribution is -2.47. The Morgan fingerprint density at radius 2 is 1.80 bits per heavy atom. The first-order valence-electron chi connectivity index (χ1n) is 7.58. The molecule has 0 aromatic heterocycles. The van der Waals surface area contributed by atoms with Gasteiger partial charge >= 0.3 is 0 Å². The standard InChI is InChI=1S/C18H19FN2O4/c1-11-8-9-13(10-16(11)24-3)18(23)21-20-17(22)12(2)25-15-7-5-4-6-14(15)19/h4-10,12H,1-3H3,(H,20,22)(H,21,23). The first kappa shape index (κ1) is 18.3. The van der Waals surface area contributed by atoms with E-state index < -0.39 is 23.7 Å². The fraction of sp³-hybridized carbons (Fsp3) is 0.222. The molecule has 0 aliphatic carbocycles. The fourth-order valence-corrected chi connectivity index (χ4v) is 2.04. The molecule has 0 saturated heterocycles. The van der Waals surface area contributed by atoms with E-state index in [-0.39, 0.29) is 5.75 Å². The summed E-state index contributed by atoms with van der Waals surface area (Å²) in [5, 5.41) is 0. The predicted molar refractivity (Wildman–Crippen MR) is 89.8 cm³/mol. The lowest BCUT2D eigenvalue weighted by molar-refractivity contribution is -0.128. The van der Waals surface area contributed by atoms with Crippen LogP contribution in [0.3, 0.4) is 0 Å². The number of halogens is 1. The minimum atomic E-state index is -0.996. The molecule has 132 valence electrons. The zero-order chi connectivity index (χ0) is 18.4. The number of hydrogen-bond acceptors (Lipinski definition) is 4. The average molecular weight is 346 g/mol. The van der Waals surface area contributed by atoms with E-state index in [0.29, 0.717) is 11.3 Å². The van der Waals surface area contributed by atoms with Crippen LogP contribution in [0.15, 0.2) is 42.5 Å². The number of benzene rings is 2. The van der Waals surface area contributed by atoms with Gasteiger partial charge in [0.15, 0.2) is 17.7 Å². The summed E-state index contributed by atoms with van der Waals surface area (Å²) in [5.41, 5.74) is 5.74. The van der Waals surface area contributed by atoms with Crippen molar-refractivity contribution in [2.75, 3.05) is 7.11 Å². The molecule has 1 atom stereocenters. The van der Waals surface area contributed by atoms with Crippen LogP contribution in [-0.2, 0) is 4.79 Å². The van der Waals surface area contributed by atoms with Crippen LogP contribution >= 0.6 is 0 Å². The van der Waals surface area contributed by atoms with Crippen molar-refractivity contribution in [3.63, 3.8) is 0 Å². The maximum Gasteiger partial charge on any atom is 0.279 e. The first-order valence-corrected chi connectivity index (χ1v) is 7.58. The van der Waals surface area contributed by atoms with Crippen LogP contribution in [-0.4, -0.2) is 25.0 Å². The van der Waals surface area contributed by atoms with E-state index in [9.17, 15) is 14.0 Å². The van der Waals surface area contributed by atoms with Gasteiger partial charge in [-0.3, -0.25) is 20.4 Å². The summed E-state index contributed by atoms with van der Waals surface area (Å²) in [5.74, 6) is -1.17. The number of hydrogen-bond donors (Lipinski definition) is 2. The molecule has 0 aliphatic rings. The van der Waals surface area contributed by atoms with Crippen molar-refractivity contribution in [1.82, 2.24) is 10.9 Å². The monoisotopic (exact) mass is 346 g/mol. The van der Waals surface area contributed by atoms with E-state index in [2.05, 4.69) is 10.9 Å². The van der Waals surface area contributed by atoms with E-state index in [1.807, 2.05) is 6.92 Å². The summed E-state index contributed by atoms with van der Waals surface area (Å²) >= 11 is 0. The van der Waals surface area contributed by atoms with Crippen molar-refractivity contribution in [2.24, 2.45) is 0 Å². The Morgan fingerprint density at radius 1 is 1.08 bits per heavy atom. The van der Waals surface area contributed by atoms with Crippen molar-refractivity contribution in [2.45, 2.75) is 20.0 Å². The molecular formula is C18H19FN2O4. The Labute approximate surface area is 144 Å². The topological polar surface area (TPSA) is 76.7 Å². The minimum absolute atomic E-state index is 0.0419. The first-order chi connectivity index (χ1) is 11.9. The van der Waals surface area contributed by atoms with Crippen molar-refractivity contribution < 1.29 is 23.5 Å². The zero-order valence-corrected chi connectivity index (χ0v) is 14.1. The largest absolute Gasteiger partial charge is 0.496 e. The Kier molecular flexibility index (Phi) is 5.94. The number of amides is 2. The molecule has 0 bridgehead atoms. The third-order valence-corrected chi connectivity index (χ3v) is 3.48. The van der Waals surface area contributed by atoms with Gasteiger partial charge in [-0.2, -0.15) is 0 Å². The third-order valence-electron chi connectivity index (χ3n) is 3.48. The van der Waals surface area contributed by atoms with Crippen LogP contribution in [0.1, 0.15) is 22.8 Å². The molecule has 0 heterocycles. The SMILES string of the molecule is COc1cc(C(=O)NNC(=O)C(C)Oc2ccccc2F)ccc1C. The van der Waals surface area contributed by atoms with Gasteiger partial charge in [-0.1, -0.05) is 18.2 Å². The lowest BCUT2D eigenvalue weighted by Gasteiger charge is -2.15. The smallest absolute Gasteiger partial charge is 0.279 e. The van der Waals surface area contributed by atoms with Crippen LogP contribution < -0.4 is 20.3 Å². The van der Waals surface area contributed by atoms with Crippen LogP contribution in [0.2, 0.25) is 0 Å². The highest BCUT2D eigenvalue weighted by atomic mass is 19.1. The number of hydrazine groups is 1. The molecule has 0 radical (unpaired) electrons. The summed E-state index contributed by atoms with van der Waals surface area (Å²) in [6.45, 7) is 3.30. The van der Waals surface area contributed by atoms with Crippen molar-refractivity contribution >= 4 is 11.8 Å². The van der Waals surface area contributed by atoms with Crippen LogP contribution in [0.5, 0.6) is 11.5 Å². The third kappa shape index (κ3) is 4.69. The van der Waals surface area contributed by atoms with Crippen LogP contribution in [0.4, 0.5) is 4.39 Å². The Morgan fingerprint density at radius 3 is 2.48 bits per heavy atom. The number of aryl methyl sites for hydroxylation is 1. The summed E-state index contributed by atoms with van der Waals surface area (Å²) in [6.07, 6.45) is -0.996. The van der Waals surface area contributed by atoms with E-state index in [1.165, 1.54) is 32.2 Å². The fourth-order valence-electron chi connectivity index (χ4n) is 2.04. The molecule has 0 fully saturated rings. The van der Waals surface area contributed by atoms with E-state index >= 15 is 0 Å². The minimum Gasteiger partial charge on any atom is -0.496 e. The van der Waals surface area contributed by atoms with Crippen molar-refractivity contribution in [3.8, 4) is 11.5 Å². The Bertz CT molecular complexity index is 779. The number of nitrogens with one attached hydrogen (secondary N) is 2. The normalized spacial score (nSPS) is 11.4. The lowest BCUT2D eigenvalue weighted by atomic mass is 10.1. The van der Waals surface area contributed by atoms with Crippen LogP contribution in [0, 0.1) is 12.7 Å². The number of carbonyl (C=O) groups excluding carboxylic acids is 2. The highest BCUT2D eigenvalue weighted by Crippen LogP contribution is 2.19. The van der Waals surface area contributed by atoms with Gasteiger partial charge in [0.2, 0.25) is 0 Å². The van der Waals surface area contributed by atoms with Gasteiger partial charge in [-0.05, 0) is 43.7 Å². The van der Waals surface area contributed by atoms with Crippen molar-refractivity contribution in [3.05, 3.63) is 59.4 Å². The highest BCUT2D eigenvalue weighted by molar-refractivity contribution is 5.96. The van der Waals surface area contributed by atoms with E-state index in [0.717, 1.165) is 5.56 Å². The van der Waals surface area contributed by atoms with Gasteiger partial charge in [-0.15, -0.1) is 0 Å². The number of ether oxygens (including phenoxy) is 2. The van der Waals surface area contributed by atoms with Crippen molar-refractivity contribution in [1.29, 1.82) is 0 Å². The second kappa shape index (κ2) is 8.14. The summed E-state index contributed by atoms with van der Waals surface area (Å²) in [4.78, 5) is 24.1.